The molecular formula is C19H15N2O4S-. The molecule has 0 saturated carbocycles. The van der Waals surface area contributed by atoms with Crippen molar-refractivity contribution in [2.24, 2.45) is 4.99 Å². The van der Waals surface area contributed by atoms with E-state index in [9.17, 15) is 14.7 Å². The Bertz CT molecular complexity index is 937. The van der Waals surface area contributed by atoms with Gasteiger partial charge in [0.25, 0.3) is 5.91 Å². The number of amides is 1. The summed E-state index contributed by atoms with van der Waals surface area (Å²) in [6.07, 6.45) is 1.75. The predicted molar refractivity (Wildman–Crippen MR) is 99.2 cm³/mol. The summed E-state index contributed by atoms with van der Waals surface area (Å²) in [4.78, 5) is 29.8. The van der Waals surface area contributed by atoms with E-state index >= 15 is 0 Å². The summed E-state index contributed by atoms with van der Waals surface area (Å²) in [6.45, 7) is 0. The van der Waals surface area contributed by atoms with Crippen LogP contribution >= 0.6 is 11.8 Å². The summed E-state index contributed by atoms with van der Waals surface area (Å²) < 4.78 is 5.31. The Morgan fingerprint density at radius 1 is 1.23 bits per heavy atom. The van der Waals surface area contributed by atoms with Crippen LogP contribution in [0.4, 0.5) is 5.69 Å². The minimum absolute atomic E-state index is 0.0358. The fourth-order valence-corrected chi connectivity index (χ4v) is 3.37. The Kier molecular flexibility index (Phi) is 5.09. The van der Waals surface area contributed by atoms with Crippen LogP contribution in [0.5, 0.6) is 5.75 Å². The fraction of sp³-hybridized carbons (Fsp3) is 0.105. The van der Waals surface area contributed by atoms with E-state index < -0.39 is 5.97 Å². The van der Waals surface area contributed by atoms with Crippen molar-refractivity contribution >= 4 is 40.6 Å². The van der Waals surface area contributed by atoms with E-state index in [0.29, 0.717) is 21.5 Å². The molecule has 0 unspecified atom stereocenters. The molecule has 0 spiro atoms. The van der Waals surface area contributed by atoms with Gasteiger partial charge >= 0.3 is 0 Å². The summed E-state index contributed by atoms with van der Waals surface area (Å²) in [5, 5.41) is 11.4. The van der Waals surface area contributed by atoms with E-state index in [4.69, 9.17) is 4.74 Å². The molecule has 0 bridgehead atoms. The molecule has 7 heteroatoms. The van der Waals surface area contributed by atoms with Gasteiger partial charge in [-0.15, -0.1) is 0 Å². The zero-order valence-electron chi connectivity index (χ0n) is 14.1. The number of carbonyl (C=O) groups is 2. The third-order valence-electron chi connectivity index (χ3n) is 3.74. The average molecular weight is 367 g/mol. The average Bonchev–Trinajstić information content (AvgIpc) is 2.90. The van der Waals surface area contributed by atoms with Crippen molar-refractivity contribution in [3.63, 3.8) is 0 Å². The largest absolute Gasteiger partial charge is 0.545 e. The van der Waals surface area contributed by atoms with Gasteiger partial charge in [-0.1, -0.05) is 30.3 Å². The molecule has 26 heavy (non-hydrogen) atoms. The third-order valence-corrected chi connectivity index (χ3v) is 4.80. The zero-order valence-corrected chi connectivity index (χ0v) is 14.9. The lowest BCUT2D eigenvalue weighted by atomic mass is 10.2. The normalized spacial score (nSPS) is 17.2. The first-order valence-corrected chi connectivity index (χ1v) is 8.52. The smallest absolute Gasteiger partial charge is 0.266 e. The second-order valence-electron chi connectivity index (χ2n) is 5.45. The van der Waals surface area contributed by atoms with E-state index in [0.717, 1.165) is 5.56 Å². The van der Waals surface area contributed by atoms with E-state index in [2.05, 4.69) is 4.99 Å². The van der Waals surface area contributed by atoms with Crippen LogP contribution < -0.4 is 9.84 Å². The molecule has 132 valence electrons. The molecule has 1 fully saturated rings. The second kappa shape index (κ2) is 7.45. The van der Waals surface area contributed by atoms with Gasteiger partial charge in [0, 0.05) is 12.6 Å². The molecular weight excluding hydrogens is 352 g/mol. The highest BCUT2D eigenvalue weighted by atomic mass is 32.2. The molecule has 0 aromatic heterocycles. The number of carbonyl (C=O) groups excluding carboxylic acids is 2. The van der Waals surface area contributed by atoms with Crippen molar-refractivity contribution in [1.82, 2.24) is 4.90 Å². The number of carboxylic acids is 1. The molecule has 3 rings (SSSR count). The van der Waals surface area contributed by atoms with Crippen LogP contribution in [-0.4, -0.2) is 36.1 Å². The van der Waals surface area contributed by atoms with Crippen LogP contribution in [0.15, 0.2) is 58.4 Å². The Hall–Kier alpha value is -3.06. The minimum atomic E-state index is -1.27. The fourth-order valence-electron chi connectivity index (χ4n) is 2.39. The number of carboxylic acid groups (broad SMARTS) is 1. The van der Waals surface area contributed by atoms with Gasteiger partial charge in [0.15, 0.2) is 5.17 Å². The maximum atomic E-state index is 12.5. The first kappa shape index (κ1) is 17.8. The van der Waals surface area contributed by atoms with E-state index in [1.54, 1.807) is 32.4 Å². The third kappa shape index (κ3) is 3.62. The minimum Gasteiger partial charge on any atom is -0.545 e. The lowest BCUT2D eigenvalue weighted by molar-refractivity contribution is -0.255. The van der Waals surface area contributed by atoms with Gasteiger partial charge in [0.2, 0.25) is 0 Å². The lowest BCUT2D eigenvalue weighted by Crippen LogP contribution is -2.23. The van der Waals surface area contributed by atoms with Crippen molar-refractivity contribution in [2.45, 2.75) is 0 Å². The number of aromatic carboxylic acids is 1. The summed E-state index contributed by atoms with van der Waals surface area (Å²) in [6, 6.07) is 13.5. The summed E-state index contributed by atoms with van der Waals surface area (Å²) >= 11 is 1.22. The van der Waals surface area contributed by atoms with Crippen molar-refractivity contribution in [2.75, 3.05) is 14.2 Å². The number of methoxy groups -OCH3 is 1. The van der Waals surface area contributed by atoms with Gasteiger partial charge < -0.3 is 14.6 Å². The number of hydrogen-bond donors (Lipinski definition) is 0. The number of hydrogen-bond acceptors (Lipinski definition) is 6. The molecule has 0 atom stereocenters. The number of amidine groups is 1. The number of para-hydroxylation sites is 1. The van der Waals surface area contributed by atoms with Crippen LogP contribution in [0.25, 0.3) is 6.08 Å². The number of rotatable bonds is 4. The SMILES string of the molecule is COc1ccccc1/C=C1\SC(=Nc2cccc(C(=O)[O-])c2)N(C)C1=O. The van der Waals surface area contributed by atoms with Gasteiger partial charge in [-0.05, 0) is 41.6 Å². The molecule has 1 saturated heterocycles. The van der Waals surface area contributed by atoms with E-state index in [1.165, 1.54) is 28.8 Å². The number of benzene rings is 2. The lowest BCUT2D eigenvalue weighted by Gasteiger charge is -2.08. The maximum absolute atomic E-state index is 12.5. The Morgan fingerprint density at radius 3 is 2.73 bits per heavy atom. The number of likely N-dealkylation sites (N-methyl/N-ethyl adjacent to an activating group) is 1. The van der Waals surface area contributed by atoms with Gasteiger partial charge in [-0.3, -0.25) is 9.69 Å². The summed E-state index contributed by atoms with van der Waals surface area (Å²) in [5.74, 6) is -0.786. The molecule has 1 aliphatic heterocycles. The van der Waals surface area contributed by atoms with E-state index in [1.807, 2.05) is 24.3 Å². The molecule has 1 heterocycles. The maximum Gasteiger partial charge on any atom is 0.266 e. The quantitative estimate of drug-likeness (QED) is 0.775. The molecule has 0 N–H and O–H groups in total. The van der Waals surface area contributed by atoms with Crippen molar-refractivity contribution < 1.29 is 19.4 Å². The highest BCUT2D eigenvalue weighted by molar-refractivity contribution is 8.18. The molecule has 0 radical (unpaired) electrons. The number of ether oxygens (including phenoxy) is 1. The highest BCUT2D eigenvalue weighted by Crippen LogP contribution is 2.34. The van der Waals surface area contributed by atoms with E-state index in [-0.39, 0.29) is 11.5 Å². The number of nitrogens with zero attached hydrogens (tertiary/aromatic N) is 2. The summed E-state index contributed by atoms with van der Waals surface area (Å²) in [7, 11) is 3.20. The van der Waals surface area contributed by atoms with Gasteiger partial charge in [0.1, 0.15) is 5.75 Å². The second-order valence-corrected chi connectivity index (χ2v) is 6.46. The molecule has 2 aromatic carbocycles. The van der Waals surface area contributed by atoms with Gasteiger partial charge in [0.05, 0.1) is 23.7 Å². The van der Waals surface area contributed by atoms with Crippen LogP contribution in [0.2, 0.25) is 0 Å². The molecule has 1 aliphatic rings. The van der Waals surface area contributed by atoms with Crippen LogP contribution in [-0.2, 0) is 4.79 Å². The first-order chi connectivity index (χ1) is 12.5. The van der Waals surface area contributed by atoms with Gasteiger partial charge in [-0.2, -0.15) is 0 Å². The van der Waals surface area contributed by atoms with Crippen molar-refractivity contribution in [1.29, 1.82) is 0 Å². The first-order valence-electron chi connectivity index (χ1n) is 7.70. The number of aliphatic imine (C=N–C) groups is 1. The predicted octanol–water partition coefficient (Wildman–Crippen LogP) is 2.29. The topological polar surface area (TPSA) is 82.0 Å². The molecule has 6 nitrogen and oxygen atoms in total. The van der Waals surface area contributed by atoms with Crippen molar-refractivity contribution in [3.8, 4) is 5.75 Å². The summed E-state index contributed by atoms with van der Waals surface area (Å²) in [5.41, 5.74) is 1.26. The van der Waals surface area contributed by atoms with Crippen molar-refractivity contribution in [3.05, 3.63) is 64.6 Å². The molecule has 2 aromatic rings. The monoisotopic (exact) mass is 367 g/mol. The van der Waals surface area contributed by atoms with Gasteiger partial charge in [-0.25, -0.2) is 4.99 Å². The Balaban J connectivity index is 1.93. The Morgan fingerprint density at radius 2 is 2.00 bits per heavy atom. The molecule has 1 amide bonds. The highest BCUT2D eigenvalue weighted by Gasteiger charge is 2.30. The Labute approximate surface area is 154 Å². The zero-order chi connectivity index (χ0) is 18.7. The molecule has 0 aliphatic carbocycles. The van der Waals surface area contributed by atoms with Crippen LogP contribution in [0.1, 0.15) is 15.9 Å². The standard InChI is InChI=1S/C19H16N2O4S/c1-21-17(22)16(11-12-6-3-4-9-15(12)25-2)26-19(21)20-14-8-5-7-13(10-14)18(23)24/h3-11H,1-2H3,(H,23,24)/p-1/b16-11-,20-19?. The van der Waals surface area contributed by atoms with Crippen LogP contribution in [0, 0.1) is 0 Å². The van der Waals surface area contributed by atoms with Crippen LogP contribution in [0.3, 0.4) is 0 Å². The number of thioether (sulfide) groups is 1.